The van der Waals surface area contributed by atoms with Crippen molar-refractivity contribution in [1.29, 1.82) is 0 Å². The van der Waals surface area contributed by atoms with Crippen molar-refractivity contribution in [3.8, 4) is 22.4 Å². The second kappa shape index (κ2) is 8.29. The van der Waals surface area contributed by atoms with Crippen molar-refractivity contribution >= 4 is 11.6 Å². The van der Waals surface area contributed by atoms with E-state index in [0.29, 0.717) is 24.4 Å². The van der Waals surface area contributed by atoms with Crippen molar-refractivity contribution in [2.45, 2.75) is 26.4 Å². The SMILES string of the molecule is CN[C@@H](CN)Cn1nc2c(-c3cc(C)nc(C)c3)c(-c3ccccc3)nc(N)n2c1=O. The molecule has 4 rings (SSSR count). The van der Waals surface area contributed by atoms with Crippen LogP contribution >= 0.6 is 0 Å². The molecular formula is C22H26N8O. The van der Waals surface area contributed by atoms with Gasteiger partial charge < -0.3 is 16.8 Å². The standard InChI is InChI=1S/C22H26N8O/c1-13-9-16(10-14(2)26-13)18-19(15-7-5-4-6-8-15)27-21(24)30-20(18)28-29(22(30)31)12-17(11-23)25-3/h4-10,17,25H,11-12,23H2,1-3H3,(H2,24,27)/t17-/m0/s1. The molecule has 160 valence electrons. The molecule has 31 heavy (non-hydrogen) atoms. The molecule has 1 atom stereocenters. The van der Waals surface area contributed by atoms with Crippen LogP contribution in [0.3, 0.4) is 0 Å². The van der Waals surface area contributed by atoms with Gasteiger partial charge in [-0.2, -0.15) is 0 Å². The lowest BCUT2D eigenvalue weighted by atomic mass is 9.99. The lowest BCUT2D eigenvalue weighted by Crippen LogP contribution is -2.40. The highest BCUT2D eigenvalue weighted by Crippen LogP contribution is 2.34. The maximum Gasteiger partial charge on any atom is 0.353 e. The van der Waals surface area contributed by atoms with E-state index >= 15 is 0 Å². The minimum Gasteiger partial charge on any atom is -0.369 e. The molecule has 3 aromatic heterocycles. The first kappa shape index (κ1) is 20.7. The highest BCUT2D eigenvalue weighted by molar-refractivity contribution is 5.90. The van der Waals surface area contributed by atoms with Crippen molar-refractivity contribution in [3.63, 3.8) is 0 Å². The average molecular weight is 419 g/mol. The molecule has 4 aromatic rings. The average Bonchev–Trinajstić information content (AvgIpc) is 3.08. The number of nitrogens with zero attached hydrogens (tertiary/aromatic N) is 5. The van der Waals surface area contributed by atoms with Gasteiger partial charge in [0.15, 0.2) is 5.65 Å². The molecule has 0 aliphatic carbocycles. The molecule has 0 spiro atoms. The van der Waals surface area contributed by atoms with E-state index in [0.717, 1.165) is 28.1 Å². The van der Waals surface area contributed by atoms with Crippen molar-refractivity contribution in [2.75, 3.05) is 19.3 Å². The third-order valence-corrected chi connectivity index (χ3v) is 5.26. The number of anilines is 1. The van der Waals surface area contributed by atoms with Crippen LogP contribution in [0.5, 0.6) is 0 Å². The zero-order valence-electron chi connectivity index (χ0n) is 17.8. The van der Waals surface area contributed by atoms with Crippen molar-refractivity contribution < 1.29 is 0 Å². The molecule has 0 radical (unpaired) electrons. The van der Waals surface area contributed by atoms with Crippen LogP contribution in [0, 0.1) is 13.8 Å². The van der Waals surface area contributed by atoms with E-state index in [1.165, 1.54) is 9.08 Å². The molecule has 9 nitrogen and oxygen atoms in total. The largest absolute Gasteiger partial charge is 0.369 e. The predicted octanol–water partition coefficient (Wildman–Crippen LogP) is 1.37. The summed E-state index contributed by atoms with van der Waals surface area (Å²) in [6.45, 7) is 4.56. The molecule has 0 saturated carbocycles. The Hall–Kier alpha value is -3.56. The molecule has 1 aromatic carbocycles. The van der Waals surface area contributed by atoms with E-state index in [-0.39, 0.29) is 17.7 Å². The Morgan fingerprint density at radius 2 is 1.74 bits per heavy atom. The van der Waals surface area contributed by atoms with Crippen LogP contribution in [-0.2, 0) is 6.54 Å². The maximum absolute atomic E-state index is 13.1. The summed E-state index contributed by atoms with van der Waals surface area (Å²) in [5.74, 6) is 0.0881. The molecule has 0 fully saturated rings. The Morgan fingerprint density at radius 3 is 2.35 bits per heavy atom. The van der Waals surface area contributed by atoms with Crippen LogP contribution in [0.1, 0.15) is 11.4 Å². The van der Waals surface area contributed by atoms with Gasteiger partial charge in [0, 0.05) is 29.5 Å². The number of benzene rings is 1. The van der Waals surface area contributed by atoms with E-state index in [4.69, 9.17) is 11.5 Å². The summed E-state index contributed by atoms with van der Waals surface area (Å²) in [5.41, 5.74) is 17.1. The summed E-state index contributed by atoms with van der Waals surface area (Å²) >= 11 is 0. The zero-order chi connectivity index (χ0) is 22.1. The monoisotopic (exact) mass is 418 g/mol. The molecule has 0 unspecified atom stereocenters. The van der Waals surface area contributed by atoms with Gasteiger partial charge in [-0.25, -0.2) is 18.9 Å². The number of nitrogen functional groups attached to an aromatic ring is 1. The summed E-state index contributed by atoms with van der Waals surface area (Å²) in [7, 11) is 1.80. The molecular weight excluding hydrogens is 392 g/mol. The number of pyridine rings is 1. The number of likely N-dealkylation sites (N-methyl/N-ethyl adjacent to an activating group) is 1. The Balaban J connectivity index is 2.07. The first-order valence-corrected chi connectivity index (χ1v) is 10.1. The summed E-state index contributed by atoms with van der Waals surface area (Å²) in [6.07, 6.45) is 0. The van der Waals surface area contributed by atoms with Crippen molar-refractivity contribution in [1.82, 2.24) is 29.5 Å². The molecule has 3 heterocycles. The molecule has 0 aliphatic rings. The van der Waals surface area contributed by atoms with Gasteiger partial charge >= 0.3 is 5.69 Å². The summed E-state index contributed by atoms with van der Waals surface area (Å²) < 4.78 is 2.75. The number of aromatic nitrogens is 5. The molecule has 0 amide bonds. The molecule has 5 N–H and O–H groups in total. The Kier molecular flexibility index (Phi) is 5.53. The lowest BCUT2D eigenvalue weighted by molar-refractivity contribution is 0.451. The number of fused-ring (bicyclic) bond motifs is 1. The first-order valence-electron chi connectivity index (χ1n) is 10.1. The quantitative estimate of drug-likeness (QED) is 0.431. The molecule has 0 bridgehead atoms. The minimum absolute atomic E-state index is 0.0881. The topological polar surface area (TPSA) is 129 Å². The fourth-order valence-corrected chi connectivity index (χ4v) is 3.76. The smallest absolute Gasteiger partial charge is 0.353 e. The molecule has 0 aliphatic heterocycles. The van der Waals surface area contributed by atoms with E-state index < -0.39 is 0 Å². The summed E-state index contributed by atoms with van der Waals surface area (Å²) in [6, 6.07) is 13.6. The fourth-order valence-electron chi connectivity index (χ4n) is 3.76. The van der Waals surface area contributed by atoms with Gasteiger partial charge in [0.05, 0.1) is 17.8 Å². The van der Waals surface area contributed by atoms with E-state index in [1.807, 2.05) is 56.3 Å². The van der Waals surface area contributed by atoms with Gasteiger partial charge in [-0.15, -0.1) is 5.10 Å². The van der Waals surface area contributed by atoms with Crippen LogP contribution in [0.2, 0.25) is 0 Å². The first-order chi connectivity index (χ1) is 14.9. The van der Waals surface area contributed by atoms with E-state index in [2.05, 4.69) is 20.4 Å². The molecule has 0 saturated heterocycles. The van der Waals surface area contributed by atoms with Gasteiger partial charge in [0.2, 0.25) is 5.95 Å². The lowest BCUT2D eigenvalue weighted by Gasteiger charge is -2.13. The van der Waals surface area contributed by atoms with Gasteiger partial charge in [-0.05, 0) is 38.6 Å². The minimum atomic E-state index is -0.350. The van der Waals surface area contributed by atoms with Crippen LogP contribution in [0.25, 0.3) is 28.0 Å². The second-order valence-electron chi connectivity index (χ2n) is 7.54. The van der Waals surface area contributed by atoms with Gasteiger partial charge in [0.25, 0.3) is 0 Å². The fraction of sp³-hybridized carbons (Fsp3) is 0.273. The van der Waals surface area contributed by atoms with Gasteiger partial charge in [-0.1, -0.05) is 30.3 Å². The maximum atomic E-state index is 13.1. The number of aryl methyl sites for hydroxylation is 2. The third-order valence-electron chi connectivity index (χ3n) is 5.26. The predicted molar refractivity (Wildman–Crippen MR) is 122 cm³/mol. The second-order valence-corrected chi connectivity index (χ2v) is 7.54. The molecule has 9 heteroatoms. The number of hydrogen-bond donors (Lipinski definition) is 3. The van der Waals surface area contributed by atoms with Crippen LogP contribution in [0.15, 0.2) is 47.3 Å². The Labute approximate surface area is 179 Å². The summed E-state index contributed by atoms with van der Waals surface area (Å²) in [5, 5.41) is 7.76. The van der Waals surface area contributed by atoms with Gasteiger partial charge in [-0.3, -0.25) is 4.98 Å². The van der Waals surface area contributed by atoms with Crippen molar-refractivity contribution in [2.24, 2.45) is 5.73 Å². The number of hydrogen-bond acceptors (Lipinski definition) is 7. The van der Waals surface area contributed by atoms with E-state index in [9.17, 15) is 4.79 Å². The van der Waals surface area contributed by atoms with Crippen LogP contribution < -0.4 is 22.5 Å². The van der Waals surface area contributed by atoms with Gasteiger partial charge in [0.1, 0.15) is 0 Å². The normalized spacial score (nSPS) is 12.4. The number of rotatable bonds is 6. The highest BCUT2D eigenvalue weighted by Gasteiger charge is 2.22. The van der Waals surface area contributed by atoms with Crippen molar-refractivity contribution in [3.05, 3.63) is 64.3 Å². The Bertz CT molecular complexity index is 1270. The third kappa shape index (κ3) is 3.80. The summed E-state index contributed by atoms with van der Waals surface area (Å²) in [4.78, 5) is 22.3. The Morgan fingerprint density at radius 1 is 1.06 bits per heavy atom. The number of nitrogens with two attached hydrogens (primary N) is 2. The number of nitrogens with one attached hydrogen (secondary N) is 1. The highest BCUT2D eigenvalue weighted by atomic mass is 16.2. The zero-order valence-corrected chi connectivity index (χ0v) is 17.8. The van der Waals surface area contributed by atoms with Crippen LogP contribution in [0.4, 0.5) is 5.95 Å². The van der Waals surface area contributed by atoms with Crippen LogP contribution in [-0.4, -0.2) is 43.8 Å². The van der Waals surface area contributed by atoms with E-state index in [1.54, 1.807) is 7.05 Å².